The molecule has 0 aliphatic heterocycles. The van der Waals surface area contributed by atoms with Crippen molar-refractivity contribution >= 4 is 22.6 Å². The van der Waals surface area contributed by atoms with E-state index in [2.05, 4.69) is 9.97 Å². The highest BCUT2D eigenvalue weighted by atomic mass is 35.5. The van der Waals surface area contributed by atoms with Crippen molar-refractivity contribution in [1.82, 2.24) is 14.5 Å². The lowest BCUT2D eigenvalue weighted by Gasteiger charge is -2.02. The molecule has 0 N–H and O–H groups in total. The first-order chi connectivity index (χ1) is 7.84. The van der Waals surface area contributed by atoms with E-state index in [4.69, 9.17) is 11.6 Å². The number of hydrogen-bond donors (Lipinski definition) is 0. The molecule has 0 spiro atoms. The topological polar surface area (TPSA) is 30.7 Å². The summed E-state index contributed by atoms with van der Waals surface area (Å²) in [6, 6.07) is 13.4. The molecular weight excluding hydrogens is 222 g/mol. The van der Waals surface area contributed by atoms with Crippen LogP contribution in [0.15, 0.2) is 48.8 Å². The van der Waals surface area contributed by atoms with E-state index in [1.807, 2.05) is 41.0 Å². The zero-order chi connectivity index (χ0) is 11.0. The maximum Gasteiger partial charge on any atom is 0.140 e. The van der Waals surface area contributed by atoms with Crippen molar-refractivity contribution in [3.8, 4) is 5.82 Å². The zero-order valence-corrected chi connectivity index (χ0v) is 9.09. The minimum atomic E-state index is 0.482. The van der Waals surface area contributed by atoms with E-state index in [9.17, 15) is 0 Å². The monoisotopic (exact) mass is 229 g/mol. The van der Waals surface area contributed by atoms with Crippen LogP contribution >= 0.6 is 11.6 Å². The number of nitrogens with zero attached hydrogens (tertiary/aromatic N) is 3. The molecule has 0 amide bonds. The van der Waals surface area contributed by atoms with Gasteiger partial charge in [0.05, 0.1) is 11.0 Å². The normalized spacial score (nSPS) is 10.8. The lowest BCUT2D eigenvalue weighted by molar-refractivity contribution is 1.02. The molecule has 0 radical (unpaired) electrons. The fourth-order valence-corrected chi connectivity index (χ4v) is 1.83. The van der Waals surface area contributed by atoms with E-state index in [0.29, 0.717) is 5.15 Å². The predicted octanol–water partition coefficient (Wildman–Crippen LogP) is 3.07. The lowest BCUT2D eigenvalue weighted by atomic mass is 10.3. The first kappa shape index (κ1) is 9.36. The Morgan fingerprint density at radius 2 is 1.88 bits per heavy atom. The Labute approximate surface area is 97.3 Å². The summed E-state index contributed by atoms with van der Waals surface area (Å²) < 4.78 is 1.92. The number of aromatic nitrogens is 3. The highest BCUT2D eigenvalue weighted by Gasteiger charge is 2.04. The molecule has 3 rings (SSSR count). The lowest BCUT2D eigenvalue weighted by Crippen LogP contribution is -1.94. The Kier molecular flexibility index (Phi) is 2.11. The van der Waals surface area contributed by atoms with E-state index in [1.54, 1.807) is 12.4 Å². The average molecular weight is 230 g/mol. The highest BCUT2D eigenvalue weighted by Crippen LogP contribution is 2.17. The van der Waals surface area contributed by atoms with Crippen molar-refractivity contribution in [2.45, 2.75) is 0 Å². The van der Waals surface area contributed by atoms with Gasteiger partial charge in [-0.15, -0.1) is 0 Å². The van der Waals surface area contributed by atoms with Gasteiger partial charge in [-0.05, 0) is 24.3 Å². The SMILES string of the molecule is Clc1cccc(-n2cnc3ccccc32)n1. The Morgan fingerprint density at radius 1 is 1.00 bits per heavy atom. The van der Waals surface area contributed by atoms with Gasteiger partial charge in [-0.25, -0.2) is 9.97 Å². The van der Waals surface area contributed by atoms with Crippen LogP contribution in [0.1, 0.15) is 0 Å². The second-order valence-electron chi connectivity index (χ2n) is 3.42. The summed E-state index contributed by atoms with van der Waals surface area (Å²) in [5.41, 5.74) is 1.97. The number of fused-ring (bicyclic) bond motifs is 1. The second-order valence-corrected chi connectivity index (χ2v) is 3.81. The Morgan fingerprint density at radius 3 is 2.75 bits per heavy atom. The molecule has 0 bridgehead atoms. The van der Waals surface area contributed by atoms with Gasteiger partial charge in [-0.1, -0.05) is 29.8 Å². The molecule has 16 heavy (non-hydrogen) atoms. The summed E-state index contributed by atoms with van der Waals surface area (Å²) in [6.07, 6.45) is 1.75. The highest BCUT2D eigenvalue weighted by molar-refractivity contribution is 6.29. The van der Waals surface area contributed by atoms with Crippen molar-refractivity contribution in [2.24, 2.45) is 0 Å². The molecule has 2 aromatic heterocycles. The van der Waals surface area contributed by atoms with Gasteiger partial charge in [0.1, 0.15) is 17.3 Å². The minimum absolute atomic E-state index is 0.482. The van der Waals surface area contributed by atoms with Crippen LogP contribution in [0.4, 0.5) is 0 Å². The van der Waals surface area contributed by atoms with Crippen molar-refractivity contribution < 1.29 is 0 Å². The third-order valence-corrected chi connectivity index (χ3v) is 2.61. The molecule has 2 heterocycles. The molecule has 3 aromatic rings. The van der Waals surface area contributed by atoms with Gasteiger partial charge in [0, 0.05) is 0 Å². The van der Waals surface area contributed by atoms with Crippen molar-refractivity contribution in [3.63, 3.8) is 0 Å². The molecule has 0 unspecified atom stereocenters. The molecular formula is C12H8ClN3. The van der Waals surface area contributed by atoms with Crippen LogP contribution in [-0.2, 0) is 0 Å². The summed E-state index contributed by atoms with van der Waals surface area (Å²) >= 11 is 5.87. The van der Waals surface area contributed by atoms with E-state index in [0.717, 1.165) is 16.9 Å². The number of halogens is 1. The Bertz CT molecular complexity index is 645. The van der Waals surface area contributed by atoms with Gasteiger partial charge < -0.3 is 0 Å². The number of hydrogen-bond acceptors (Lipinski definition) is 2. The largest absolute Gasteiger partial charge is 0.283 e. The summed E-state index contributed by atoms with van der Waals surface area (Å²) in [4.78, 5) is 8.56. The van der Waals surface area contributed by atoms with Crippen molar-refractivity contribution in [1.29, 1.82) is 0 Å². The molecule has 4 heteroatoms. The number of rotatable bonds is 1. The fraction of sp³-hybridized carbons (Fsp3) is 0. The van der Waals surface area contributed by atoms with Gasteiger partial charge in [0.15, 0.2) is 0 Å². The molecule has 1 aromatic carbocycles. The molecule has 0 saturated carbocycles. The van der Waals surface area contributed by atoms with Crippen LogP contribution in [0, 0.1) is 0 Å². The van der Waals surface area contributed by atoms with Crippen LogP contribution in [-0.4, -0.2) is 14.5 Å². The molecule has 0 saturated heterocycles. The van der Waals surface area contributed by atoms with Crippen LogP contribution < -0.4 is 0 Å². The van der Waals surface area contributed by atoms with Gasteiger partial charge in [-0.2, -0.15) is 0 Å². The smallest absolute Gasteiger partial charge is 0.140 e. The van der Waals surface area contributed by atoms with Crippen molar-refractivity contribution in [2.75, 3.05) is 0 Å². The van der Waals surface area contributed by atoms with E-state index >= 15 is 0 Å². The standard InChI is InChI=1S/C12H8ClN3/c13-11-6-3-7-12(15-11)16-8-14-9-4-1-2-5-10(9)16/h1-8H. The van der Waals surface area contributed by atoms with Gasteiger partial charge in [-0.3, -0.25) is 4.57 Å². The minimum Gasteiger partial charge on any atom is -0.283 e. The number of para-hydroxylation sites is 2. The van der Waals surface area contributed by atoms with Gasteiger partial charge >= 0.3 is 0 Å². The van der Waals surface area contributed by atoms with Crippen LogP contribution in [0.5, 0.6) is 0 Å². The summed E-state index contributed by atoms with van der Waals surface area (Å²) in [5, 5.41) is 0.482. The van der Waals surface area contributed by atoms with Gasteiger partial charge in [0.25, 0.3) is 0 Å². The molecule has 3 nitrogen and oxygen atoms in total. The number of pyridine rings is 1. The van der Waals surface area contributed by atoms with E-state index in [-0.39, 0.29) is 0 Å². The Hall–Kier alpha value is -1.87. The summed E-state index contributed by atoms with van der Waals surface area (Å²) in [7, 11) is 0. The van der Waals surface area contributed by atoms with Crippen LogP contribution in [0.25, 0.3) is 16.9 Å². The van der Waals surface area contributed by atoms with Crippen LogP contribution in [0.3, 0.4) is 0 Å². The first-order valence-electron chi connectivity index (χ1n) is 4.89. The maximum absolute atomic E-state index is 5.87. The quantitative estimate of drug-likeness (QED) is 0.601. The fourth-order valence-electron chi connectivity index (χ4n) is 1.67. The summed E-state index contributed by atoms with van der Waals surface area (Å²) in [5.74, 6) is 0.779. The first-order valence-corrected chi connectivity index (χ1v) is 5.27. The van der Waals surface area contributed by atoms with E-state index in [1.165, 1.54) is 0 Å². The van der Waals surface area contributed by atoms with Crippen LogP contribution in [0.2, 0.25) is 5.15 Å². The summed E-state index contributed by atoms with van der Waals surface area (Å²) in [6.45, 7) is 0. The third kappa shape index (κ3) is 1.46. The average Bonchev–Trinajstić information content (AvgIpc) is 2.72. The third-order valence-electron chi connectivity index (χ3n) is 2.40. The number of imidazole rings is 1. The molecule has 0 aliphatic carbocycles. The second kappa shape index (κ2) is 3.61. The van der Waals surface area contributed by atoms with Gasteiger partial charge in [0.2, 0.25) is 0 Å². The molecule has 78 valence electrons. The molecule has 0 fully saturated rings. The number of benzene rings is 1. The van der Waals surface area contributed by atoms with E-state index < -0.39 is 0 Å². The zero-order valence-electron chi connectivity index (χ0n) is 8.34. The molecule has 0 atom stereocenters. The molecule has 0 aliphatic rings. The predicted molar refractivity (Wildman–Crippen MR) is 63.9 cm³/mol. The maximum atomic E-state index is 5.87. The van der Waals surface area contributed by atoms with Crippen molar-refractivity contribution in [3.05, 3.63) is 53.9 Å². The Balaban J connectivity index is 2.26.